The second-order valence-electron chi connectivity index (χ2n) is 6.46. The maximum atomic E-state index is 12.1. The first-order valence-electron chi connectivity index (χ1n) is 9.33. The Bertz CT molecular complexity index is 934. The highest BCUT2D eigenvalue weighted by Gasteiger charge is 2.10. The number of esters is 1. The fourth-order valence-corrected chi connectivity index (χ4v) is 2.95. The lowest BCUT2D eigenvalue weighted by atomic mass is 10.0. The quantitative estimate of drug-likeness (QED) is 0.614. The van der Waals surface area contributed by atoms with E-state index < -0.39 is 5.97 Å². The molecule has 4 nitrogen and oxygen atoms in total. The lowest BCUT2D eigenvalue weighted by molar-refractivity contribution is -0.146. The molecule has 0 aliphatic heterocycles. The first-order valence-corrected chi connectivity index (χ1v) is 9.33. The van der Waals surface area contributed by atoms with E-state index in [1.807, 2.05) is 85.8 Å². The van der Waals surface area contributed by atoms with Gasteiger partial charge in [0.2, 0.25) is 0 Å². The zero-order valence-corrected chi connectivity index (χ0v) is 15.9. The molecule has 0 aliphatic rings. The van der Waals surface area contributed by atoms with Gasteiger partial charge in [-0.1, -0.05) is 79.7 Å². The second kappa shape index (κ2) is 9.51. The highest BCUT2D eigenvalue weighted by Crippen LogP contribution is 2.19. The van der Waals surface area contributed by atoms with Crippen LogP contribution in [0.15, 0.2) is 78.9 Å². The summed E-state index contributed by atoms with van der Waals surface area (Å²) in [4.78, 5) is 24.1. The number of carbonyl (C=O) groups excluding carboxylic acids is 2. The van der Waals surface area contributed by atoms with Crippen LogP contribution >= 0.6 is 0 Å². The molecule has 3 rings (SSSR count). The van der Waals surface area contributed by atoms with Crippen LogP contribution in [0.4, 0.5) is 5.69 Å². The van der Waals surface area contributed by atoms with Crippen LogP contribution in [0.25, 0.3) is 11.1 Å². The lowest BCUT2D eigenvalue weighted by Crippen LogP contribution is -2.22. The molecular weight excluding hydrogens is 350 g/mol. The number of aryl methyl sites for hydroxylation is 1. The monoisotopic (exact) mass is 373 g/mol. The summed E-state index contributed by atoms with van der Waals surface area (Å²) in [7, 11) is 0. The summed E-state index contributed by atoms with van der Waals surface area (Å²) in [6.45, 7) is 1.73. The SMILES string of the molecule is CCc1ccccc1NC(=O)COC(=O)Cc1ccc(-c2ccccc2)cc1. The van der Waals surface area contributed by atoms with Crippen LogP contribution in [0, 0.1) is 0 Å². The third-order valence-electron chi connectivity index (χ3n) is 4.45. The number of nitrogens with one attached hydrogen (secondary N) is 1. The second-order valence-corrected chi connectivity index (χ2v) is 6.46. The molecular formula is C24H23NO3. The molecule has 4 heteroatoms. The van der Waals surface area contributed by atoms with Crippen molar-refractivity contribution in [3.8, 4) is 11.1 Å². The van der Waals surface area contributed by atoms with E-state index in [1.165, 1.54) is 0 Å². The van der Waals surface area contributed by atoms with E-state index in [0.29, 0.717) is 0 Å². The van der Waals surface area contributed by atoms with Gasteiger partial charge in [-0.25, -0.2) is 0 Å². The number of amides is 1. The van der Waals surface area contributed by atoms with Crippen molar-refractivity contribution in [2.75, 3.05) is 11.9 Å². The van der Waals surface area contributed by atoms with Crippen molar-refractivity contribution in [2.45, 2.75) is 19.8 Å². The summed E-state index contributed by atoms with van der Waals surface area (Å²) in [5.74, 6) is -0.764. The number of hydrogen-bond acceptors (Lipinski definition) is 3. The maximum Gasteiger partial charge on any atom is 0.310 e. The first-order chi connectivity index (χ1) is 13.7. The lowest BCUT2D eigenvalue weighted by Gasteiger charge is -2.10. The summed E-state index contributed by atoms with van der Waals surface area (Å²) in [6, 6.07) is 25.4. The van der Waals surface area contributed by atoms with Gasteiger partial charge in [-0.15, -0.1) is 0 Å². The number of para-hydroxylation sites is 1. The summed E-state index contributed by atoms with van der Waals surface area (Å²) in [5, 5.41) is 2.79. The Balaban J connectivity index is 1.49. The Hall–Kier alpha value is -3.40. The van der Waals surface area contributed by atoms with Gasteiger partial charge in [-0.3, -0.25) is 9.59 Å². The number of benzene rings is 3. The minimum atomic E-state index is -0.425. The van der Waals surface area contributed by atoms with Crippen molar-refractivity contribution in [3.05, 3.63) is 90.0 Å². The first kappa shape index (κ1) is 19.4. The molecule has 0 fully saturated rings. The predicted octanol–water partition coefficient (Wildman–Crippen LogP) is 4.64. The largest absolute Gasteiger partial charge is 0.455 e. The molecule has 1 N–H and O–H groups in total. The van der Waals surface area contributed by atoms with Crippen LogP contribution < -0.4 is 5.32 Å². The van der Waals surface area contributed by atoms with Crippen molar-refractivity contribution < 1.29 is 14.3 Å². The normalized spacial score (nSPS) is 10.3. The molecule has 0 saturated heterocycles. The summed E-state index contributed by atoms with van der Waals surface area (Å²) in [5.41, 5.74) is 4.86. The van der Waals surface area contributed by atoms with E-state index >= 15 is 0 Å². The van der Waals surface area contributed by atoms with Crippen LogP contribution in [-0.2, 0) is 27.2 Å². The molecule has 28 heavy (non-hydrogen) atoms. The molecule has 0 bridgehead atoms. The predicted molar refractivity (Wildman–Crippen MR) is 111 cm³/mol. The smallest absolute Gasteiger partial charge is 0.310 e. The van der Waals surface area contributed by atoms with E-state index in [4.69, 9.17) is 4.74 Å². The van der Waals surface area contributed by atoms with E-state index in [0.717, 1.165) is 34.4 Å². The highest BCUT2D eigenvalue weighted by molar-refractivity contribution is 5.93. The Kier molecular flexibility index (Phi) is 6.58. The van der Waals surface area contributed by atoms with Gasteiger partial charge < -0.3 is 10.1 Å². The van der Waals surface area contributed by atoms with Gasteiger partial charge in [-0.05, 0) is 34.7 Å². The topological polar surface area (TPSA) is 55.4 Å². The average molecular weight is 373 g/mol. The van der Waals surface area contributed by atoms with Crippen LogP contribution in [-0.4, -0.2) is 18.5 Å². The van der Waals surface area contributed by atoms with Crippen LogP contribution in [0.3, 0.4) is 0 Å². The number of rotatable bonds is 7. The van der Waals surface area contributed by atoms with Crippen LogP contribution in [0.5, 0.6) is 0 Å². The Labute approximate surface area is 165 Å². The Morgan fingerprint density at radius 2 is 1.46 bits per heavy atom. The molecule has 0 saturated carbocycles. The Morgan fingerprint density at radius 1 is 0.821 bits per heavy atom. The van der Waals surface area contributed by atoms with Crippen LogP contribution in [0.2, 0.25) is 0 Å². The number of anilines is 1. The Morgan fingerprint density at radius 3 is 2.18 bits per heavy atom. The molecule has 0 unspecified atom stereocenters. The zero-order valence-electron chi connectivity index (χ0n) is 15.9. The molecule has 0 heterocycles. The van der Waals surface area contributed by atoms with Gasteiger partial charge in [-0.2, -0.15) is 0 Å². The van der Waals surface area contributed by atoms with Gasteiger partial charge in [0.15, 0.2) is 6.61 Å². The van der Waals surface area contributed by atoms with Crippen molar-refractivity contribution in [2.24, 2.45) is 0 Å². The van der Waals surface area contributed by atoms with E-state index in [1.54, 1.807) is 0 Å². The minimum absolute atomic E-state index is 0.133. The van der Waals surface area contributed by atoms with Gasteiger partial charge in [0.1, 0.15) is 0 Å². The van der Waals surface area contributed by atoms with E-state index in [-0.39, 0.29) is 18.9 Å². The van der Waals surface area contributed by atoms with E-state index in [9.17, 15) is 9.59 Å². The molecule has 3 aromatic rings. The van der Waals surface area contributed by atoms with Crippen molar-refractivity contribution in [3.63, 3.8) is 0 Å². The molecule has 0 radical (unpaired) electrons. The zero-order chi connectivity index (χ0) is 19.8. The van der Waals surface area contributed by atoms with Crippen molar-refractivity contribution >= 4 is 17.6 Å². The number of ether oxygens (including phenoxy) is 1. The molecule has 0 spiro atoms. The molecule has 0 aromatic heterocycles. The average Bonchev–Trinajstić information content (AvgIpc) is 2.74. The third-order valence-corrected chi connectivity index (χ3v) is 4.45. The molecule has 0 aliphatic carbocycles. The molecule has 3 aromatic carbocycles. The molecule has 0 atom stereocenters. The highest BCUT2D eigenvalue weighted by atomic mass is 16.5. The van der Waals surface area contributed by atoms with Gasteiger partial charge >= 0.3 is 5.97 Å². The number of carbonyl (C=O) groups is 2. The van der Waals surface area contributed by atoms with Crippen molar-refractivity contribution in [1.29, 1.82) is 0 Å². The molecule has 1 amide bonds. The fraction of sp³-hybridized carbons (Fsp3) is 0.167. The van der Waals surface area contributed by atoms with Crippen LogP contribution in [0.1, 0.15) is 18.1 Å². The minimum Gasteiger partial charge on any atom is -0.455 e. The van der Waals surface area contributed by atoms with Gasteiger partial charge in [0, 0.05) is 5.69 Å². The third kappa shape index (κ3) is 5.30. The summed E-state index contributed by atoms with van der Waals surface area (Å²) < 4.78 is 5.12. The summed E-state index contributed by atoms with van der Waals surface area (Å²) in [6.07, 6.45) is 0.948. The number of hydrogen-bond donors (Lipinski definition) is 1. The maximum absolute atomic E-state index is 12.1. The standard InChI is InChI=1S/C24H23NO3/c1-2-19-8-6-7-11-22(19)25-23(26)17-28-24(27)16-18-12-14-21(15-13-18)20-9-4-3-5-10-20/h3-15H,2,16-17H2,1H3,(H,25,26). The fourth-order valence-electron chi connectivity index (χ4n) is 2.95. The van der Waals surface area contributed by atoms with Gasteiger partial charge in [0.05, 0.1) is 6.42 Å². The summed E-state index contributed by atoms with van der Waals surface area (Å²) >= 11 is 0. The van der Waals surface area contributed by atoms with Gasteiger partial charge in [0.25, 0.3) is 5.91 Å². The molecule has 142 valence electrons. The van der Waals surface area contributed by atoms with E-state index in [2.05, 4.69) is 5.32 Å². The van der Waals surface area contributed by atoms with Crippen molar-refractivity contribution in [1.82, 2.24) is 0 Å².